The molecule has 0 aliphatic carbocycles. The van der Waals surface area contributed by atoms with Gasteiger partial charge in [-0.1, -0.05) is 0 Å². The molecular formula is C19H30N2O5S. The van der Waals surface area contributed by atoms with Gasteiger partial charge < -0.3 is 10.0 Å². The smallest absolute Gasteiger partial charge is 0.305 e. The normalized spacial score (nSPS) is 11.5. The number of amides is 1. The summed E-state index contributed by atoms with van der Waals surface area (Å²) in [5, 5.41) is 8.74. The number of benzene rings is 1. The molecule has 0 heterocycles. The second-order valence-corrected chi connectivity index (χ2v) is 8.42. The molecule has 0 saturated carbocycles. The van der Waals surface area contributed by atoms with Crippen molar-refractivity contribution < 1.29 is 23.1 Å². The van der Waals surface area contributed by atoms with E-state index in [1.807, 2.05) is 20.8 Å². The van der Waals surface area contributed by atoms with Gasteiger partial charge in [-0.05, 0) is 69.4 Å². The van der Waals surface area contributed by atoms with Gasteiger partial charge in [-0.2, -0.15) is 0 Å². The molecule has 0 aromatic heterocycles. The second-order valence-electron chi connectivity index (χ2n) is 6.72. The van der Waals surface area contributed by atoms with Crippen molar-refractivity contribution >= 4 is 21.9 Å². The van der Waals surface area contributed by atoms with E-state index in [4.69, 9.17) is 5.11 Å². The van der Waals surface area contributed by atoms with E-state index in [0.717, 1.165) is 16.7 Å². The van der Waals surface area contributed by atoms with E-state index in [1.54, 1.807) is 20.8 Å². The van der Waals surface area contributed by atoms with Gasteiger partial charge in [0.1, 0.15) is 0 Å². The number of aliphatic carboxylic acids is 1. The summed E-state index contributed by atoms with van der Waals surface area (Å²) in [4.78, 5) is 24.5. The maximum absolute atomic E-state index is 12.8. The van der Waals surface area contributed by atoms with Gasteiger partial charge in [-0.25, -0.2) is 13.1 Å². The Balaban J connectivity index is 2.89. The summed E-state index contributed by atoms with van der Waals surface area (Å²) >= 11 is 0. The highest BCUT2D eigenvalue weighted by molar-refractivity contribution is 7.89. The van der Waals surface area contributed by atoms with Gasteiger partial charge in [-0.3, -0.25) is 9.59 Å². The lowest BCUT2D eigenvalue weighted by molar-refractivity contribution is -0.138. The Labute approximate surface area is 161 Å². The zero-order valence-electron chi connectivity index (χ0n) is 17.0. The lowest BCUT2D eigenvalue weighted by Crippen LogP contribution is -2.36. The topological polar surface area (TPSA) is 104 Å². The first-order chi connectivity index (χ1) is 12.4. The van der Waals surface area contributed by atoms with Crippen LogP contribution in [0.15, 0.2) is 4.90 Å². The number of rotatable bonds is 9. The minimum absolute atomic E-state index is 0.0192. The van der Waals surface area contributed by atoms with Gasteiger partial charge >= 0.3 is 5.97 Å². The molecule has 1 amide bonds. The standard InChI is InChI=1S/C19H30N2O5S/c1-7-21(11-9-18(23)24)17(22)8-10-20-27(25,26)19-15(5)13(3)12(2)14(4)16(19)6/h20H,7-11H2,1-6H3,(H,23,24). The Hall–Kier alpha value is -1.93. The van der Waals surface area contributed by atoms with Crippen molar-refractivity contribution in [2.24, 2.45) is 0 Å². The van der Waals surface area contributed by atoms with Crippen LogP contribution < -0.4 is 4.72 Å². The Morgan fingerprint density at radius 2 is 1.41 bits per heavy atom. The number of hydrogen-bond donors (Lipinski definition) is 2. The summed E-state index contributed by atoms with van der Waals surface area (Å²) in [7, 11) is -3.75. The van der Waals surface area contributed by atoms with Crippen LogP contribution in [0, 0.1) is 34.6 Å². The van der Waals surface area contributed by atoms with Crippen LogP contribution in [0.25, 0.3) is 0 Å². The van der Waals surface area contributed by atoms with Crippen molar-refractivity contribution in [2.45, 2.75) is 59.3 Å². The molecule has 0 spiro atoms. The van der Waals surface area contributed by atoms with Crippen LogP contribution in [-0.2, 0) is 19.6 Å². The zero-order valence-corrected chi connectivity index (χ0v) is 17.8. The minimum atomic E-state index is -3.75. The molecule has 152 valence electrons. The summed E-state index contributed by atoms with van der Waals surface area (Å²) in [5.74, 6) is -1.25. The molecule has 0 aliphatic heterocycles. The first-order valence-electron chi connectivity index (χ1n) is 9.00. The summed E-state index contributed by atoms with van der Waals surface area (Å²) in [6.45, 7) is 11.6. The molecule has 0 radical (unpaired) electrons. The van der Waals surface area contributed by atoms with Gasteiger partial charge in [0.25, 0.3) is 0 Å². The van der Waals surface area contributed by atoms with Crippen molar-refractivity contribution in [3.05, 3.63) is 27.8 Å². The van der Waals surface area contributed by atoms with Gasteiger partial charge in [0.05, 0.1) is 11.3 Å². The lowest BCUT2D eigenvalue weighted by Gasteiger charge is -2.21. The van der Waals surface area contributed by atoms with Crippen molar-refractivity contribution in [2.75, 3.05) is 19.6 Å². The van der Waals surface area contributed by atoms with Crippen molar-refractivity contribution in [3.8, 4) is 0 Å². The third kappa shape index (κ3) is 5.52. The van der Waals surface area contributed by atoms with E-state index >= 15 is 0 Å². The maximum atomic E-state index is 12.8. The molecular weight excluding hydrogens is 368 g/mol. The zero-order chi connectivity index (χ0) is 20.9. The van der Waals surface area contributed by atoms with E-state index < -0.39 is 16.0 Å². The van der Waals surface area contributed by atoms with Crippen LogP contribution in [0.3, 0.4) is 0 Å². The van der Waals surface area contributed by atoms with E-state index in [9.17, 15) is 18.0 Å². The van der Waals surface area contributed by atoms with E-state index in [1.165, 1.54) is 4.90 Å². The first-order valence-corrected chi connectivity index (χ1v) is 10.5. The molecule has 1 aromatic carbocycles. The second kappa shape index (κ2) is 9.32. The van der Waals surface area contributed by atoms with E-state index in [0.29, 0.717) is 17.7 Å². The number of carboxylic acids is 1. The summed E-state index contributed by atoms with van der Waals surface area (Å²) in [6, 6.07) is 0. The highest BCUT2D eigenvalue weighted by Gasteiger charge is 2.24. The largest absolute Gasteiger partial charge is 0.481 e. The van der Waals surface area contributed by atoms with Crippen LogP contribution in [-0.4, -0.2) is 49.9 Å². The fraction of sp³-hybridized carbons (Fsp3) is 0.579. The number of hydrogen-bond acceptors (Lipinski definition) is 4. The first kappa shape index (κ1) is 23.1. The Kier molecular flexibility index (Phi) is 7.98. The molecule has 0 fully saturated rings. The fourth-order valence-electron chi connectivity index (χ4n) is 3.08. The van der Waals surface area contributed by atoms with Crippen molar-refractivity contribution in [1.82, 2.24) is 9.62 Å². The number of carboxylic acid groups (broad SMARTS) is 1. The van der Waals surface area contributed by atoms with Crippen LogP contribution in [0.4, 0.5) is 0 Å². The van der Waals surface area contributed by atoms with Crippen molar-refractivity contribution in [1.29, 1.82) is 0 Å². The quantitative estimate of drug-likeness (QED) is 0.664. The molecule has 27 heavy (non-hydrogen) atoms. The molecule has 0 aliphatic rings. The Bertz CT molecular complexity index is 802. The minimum Gasteiger partial charge on any atom is -0.481 e. The third-order valence-corrected chi connectivity index (χ3v) is 6.89. The highest BCUT2D eigenvalue weighted by atomic mass is 32.2. The lowest BCUT2D eigenvalue weighted by atomic mass is 9.95. The van der Waals surface area contributed by atoms with Gasteiger partial charge in [0.2, 0.25) is 15.9 Å². The van der Waals surface area contributed by atoms with Gasteiger partial charge in [-0.15, -0.1) is 0 Å². The Morgan fingerprint density at radius 1 is 0.926 bits per heavy atom. The Morgan fingerprint density at radius 3 is 1.85 bits per heavy atom. The fourth-order valence-corrected chi connectivity index (χ4v) is 4.71. The summed E-state index contributed by atoms with van der Waals surface area (Å²) in [6.07, 6.45) is -0.153. The number of carbonyl (C=O) groups excluding carboxylic acids is 1. The summed E-state index contributed by atoms with van der Waals surface area (Å²) in [5.41, 5.74) is 4.40. The molecule has 8 heteroatoms. The van der Waals surface area contributed by atoms with E-state index in [-0.39, 0.29) is 36.7 Å². The number of nitrogens with one attached hydrogen (secondary N) is 1. The molecule has 0 unspecified atom stereocenters. The highest BCUT2D eigenvalue weighted by Crippen LogP contribution is 2.29. The number of nitrogens with zero attached hydrogens (tertiary/aromatic N) is 1. The molecule has 0 saturated heterocycles. The van der Waals surface area contributed by atoms with Crippen LogP contribution in [0.2, 0.25) is 0 Å². The molecule has 0 bridgehead atoms. The predicted octanol–water partition coefficient (Wildman–Crippen LogP) is 2.22. The van der Waals surface area contributed by atoms with Gasteiger partial charge in [0.15, 0.2) is 0 Å². The number of carbonyl (C=O) groups is 2. The maximum Gasteiger partial charge on any atom is 0.305 e. The third-order valence-electron chi connectivity index (χ3n) is 5.16. The summed E-state index contributed by atoms with van der Waals surface area (Å²) < 4.78 is 28.1. The van der Waals surface area contributed by atoms with Crippen molar-refractivity contribution in [3.63, 3.8) is 0 Å². The monoisotopic (exact) mass is 398 g/mol. The van der Waals surface area contributed by atoms with E-state index in [2.05, 4.69) is 4.72 Å². The average molecular weight is 399 g/mol. The molecule has 2 N–H and O–H groups in total. The molecule has 7 nitrogen and oxygen atoms in total. The molecule has 1 aromatic rings. The van der Waals surface area contributed by atoms with Gasteiger partial charge in [0, 0.05) is 26.1 Å². The molecule has 0 atom stereocenters. The number of sulfonamides is 1. The molecule has 1 rings (SSSR count). The van der Waals surface area contributed by atoms with Crippen LogP contribution >= 0.6 is 0 Å². The SMILES string of the molecule is CCN(CCC(=O)O)C(=O)CCNS(=O)(=O)c1c(C)c(C)c(C)c(C)c1C. The van der Waals surface area contributed by atoms with Crippen LogP contribution in [0.5, 0.6) is 0 Å². The predicted molar refractivity (Wildman–Crippen MR) is 104 cm³/mol. The van der Waals surface area contributed by atoms with Crippen LogP contribution in [0.1, 0.15) is 47.6 Å². The average Bonchev–Trinajstić information content (AvgIpc) is 2.58.